The molecular weight excluding hydrogens is 210 g/mol. The first-order valence-electron chi connectivity index (χ1n) is 5.29. The summed E-state index contributed by atoms with van der Waals surface area (Å²) < 4.78 is 2.41. The van der Waals surface area contributed by atoms with E-state index in [0.717, 1.165) is 6.54 Å². The van der Waals surface area contributed by atoms with Crippen LogP contribution in [0.15, 0.2) is 0 Å². The number of aromatic nitrogens is 4. The Bertz CT molecular complexity index is 374. The molecule has 6 heteroatoms. The summed E-state index contributed by atoms with van der Waals surface area (Å²) in [5.74, 6) is 0. The molecule has 0 spiro atoms. The summed E-state index contributed by atoms with van der Waals surface area (Å²) in [7, 11) is 4.28. The molecule has 1 aliphatic carbocycles. The van der Waals surface area contributed by atoms with E-state index in [1.54, 1.807) is 0 Å². The van der Waals surface area contributed by atoms with Crippen LogP contribution in [0.5, 0.6) is 0 Å². The fourth-order valence-electron chi connectivity index (χ4n) is 2.39. The van der Waals surface area contributed by atoms with Crippen molar-refractivity contribution in [3.63, 3.8) is 0 Å². The molecule has 1 heterocycles. The molecule has 0 saturated heterocycles. The van der Waals surface area contributed by atoms with Crippen LogP contribution in [0.1, 0.15) is 25.7 Å². The fraction of sp³-hybridized carbons (Fsp3) is 0.889. The van der Waals surface area contributed by atoms with E-state index >= 15 is 0 Å². The second-order valence-electron chi connectivity index (χ2n) is 4.49. The Hall–Kier alpha value is -0.750. The van der Waals surface area contributed by atoms with Gasteiger partial charge in [0.1, 0.15) is 0 Å². The predicted molar refractivity (Wildman–Crippen MR) is 60.1 cm³/mol. The summed E-state index contributed by atoms with van der Waals surface area (Å²) in [5, 5.41) is 10.4. The van der Waals surface area contributed by atoms with Gasteiger partial charge in [0.25, 0.3) is 0 Å². The van der Waals surface area contributed by atoms with E-state index in [0.29, 0.717) is 4.77 Å². The second kappa shape index (κ2) is 4.02. The van der Waals surface area contributed by atoms with Gasteiger partial charge in [-0.15, -0.1) is 0 Å². The molecule has 1 aliphatic rings. The van der Waals surface area contributed by atoms with Crippen LogP contribution >= 0.6 is 12.2 Å². The molecule has 0 radical (unpaired) electrons. The molecule has 1 N–H and O–H groups in total. The third-order valence-electron chi connectivity index (χ3n) is 3.47. The van der Waals surface area contributed by atoms with Crippen molar-refractivity contribution in [2.24, 2.45) is 0 Å². The Morgan fingerprint density at radius 1 is 1.47 bits per heavy atom. The zero-order chi connectivity index (χ0) is 10.9. The standard InChI is InChI=1S/C9H17N5S/c1-13(2)9(5-3-4-6-9)7-14-8(15)10-11-12-14/h3-7H2,1-2H3,(H,10,12,15). The molecule has 0 amide bonds. The van der Waals surface area contributed by atoms with Crippen LogP contribution < -0.4 is 0 Å². The molecule has 0 atom stereocenters. The van der Waals surface area contributed by atoms with E-state index in [9.17, 15) is 0 Å². The lowest BCUT2D eigenvalue weighted by Crippen LogP contribution is -2.45. The van der Waals surface area contributed by atoms with E-state index in [-0.39, 0.29) is 5.54 Å². The Morgan fingerprint density at radius 3 is 2.60 bits per heavy atom. The third-order valence-corrected chi connectivity index (χ3v) is 3.77. The maximum absolute atomic E-state index is 5.10. The van der Waals surface area contributed by atoms with Crippen LogP contribution in [0.3, 0.4) is 0 Å². The minimum atomic E-state index is 0.229. The summed E-state index contributed by atoms with van der Waals surface area (Å²) >= 11 is 5.10. The molecule has 1 saturated carbocycles. The van der Waals surface area contributed by atoms with Gasteiger partial charge in [-0.3, -0.25) is 0 Å². The molecular formula is C9H17N5S. The molecule has 0 aliphatic heterocycles. The second-order valence-corrected chi connectivity index (χ2v) is 4.86. The van der Waals surface area contributed by atoms with E-state index < -0.39 is 0 Å². The van der Waals surface area contributed by atoms with Gasteiger partial charge in [-0.25, -0.2) is 4.68 Å². The van der Waals surface area contributed by atoms with Gasteiger partial charge in [0.2, 0.25) is 4.77 Å². The number of tetrazole rings is 1. The fourth-order valence-corrected chi connectivity index (χ4v) is 2.54. The Labute approximate surface area is 94.4 Å². The number of likely N-dealkylation sites (N-methyl/N-ethyl adjacent to an activating group) is 1. The number of hydrogen-bond donors (Lipinski definition) is 1. The number of nitrogens with zero attached hydrogens (tertiary/aromatic N) is 4. The first-order valence-corrected chi connectivity index (χ1v) is 5.70. The summed E-state index contributed by atoms with van der Waals surface area (Å²) in [5.41, 5.74) is 0.229. The zero-order valence-corrected chi connectivity index (χ0v) is 10.0. The summed E-state index contributed by atoms with van der Waals surface area (Å²) in [6.07, 6.45) is 5.04. The normalized spacial score (nSPS) is 19.9. The highest BCUT2D eigenvalue weighted by atomic mass is 32.1. The van der Waals surface area contributed by atoms with Gasteiger partial charge in [0, 0.05) is 5.54 Å². The highest BCUT2D eigenvalue weighted by Crippen LogP contribution is 2.34. The number of nitrogens with one attached hydrogen (secondary N) is 1. The highest BCUT2D eigenvalue weighted by molar-refractivity contribution is 7.71. The average molecular weight is 227 g/mol. The maximum atomic E-state index is 5.10. The highest BCUT2D eigenvalue weighted by Gasteiger charge is 2.36. The summed E-state index contributed by atoms with van der Waals surface area (Å²) in [4.78, 5) is 2.31. The monoisotopic (exact) mass is 227 g/mol. The van der Waals surface area contributed by atoms with Gasteiger partial charge >= 0.3 is 0 Å². The van der Waals surface area contributed by atoms with Crippen molar-refractivity contribution in [3.05, 3.63) is 4.77 Å². The van der Waals surface area contributed by atoms with Crippen molar-refractivity contribution in [2.75, 3.05) is 14.1 Å². The van der Waals surface area contributed by atoms with Gasteiger partial charge in [-0.2, -0.15) is 5.21 Å². The topological polar surface area (TPSA) is 49.7 Å². The molecule has 5 nitrogen and oxygen atoms in total. The van der Waals surface area contributed by atoms with Crippen LogP contribution in [-0.4, -0.2) is 44.7 Å². The lowest BCUT2D eigenvalue weighted by molar-refractivity contribution is 0.127. The van der Waals surface area contributed by atoms with Crippen LogP contribution in [0.2, 0.25) is 0 Å². The molecule has 2 rings (SSSR count). The quantitative estimate of drug-likeness (QED) is 0.789. The van der Waals surface area contributed by atoms with Crippen molar-refractivity contribution in [2.45, 2.75) is 37.8 Å². The molecule has 84 valence electrons. The molecule has 0 bridgehead atoms. The van der Waals surface area contributed by atoms with Crippen molar-refractivity contribution >= 4 is 12.2 Å². The SMILES string of the molecule is CN(C)C1(Cn2[nH]nnc2=S)CCCC1. The van der Waals surface area contributed by atoms with Gasteiger partial charge in [-0.1, -0.05) is 23.2 Å². The Morgan fingerprint density at radius 2 is 2.13 bits per heavy atom. The molecule has 1 aromatic rings. The van der Waals surface area contributed by atoms with Gasteiger partial charge < -0.3 is 4.90 Å². The minimum Gasteiger partial charge on any atom is -0.302 e. The first-order chi connectivity index (χ1) is 7.14. The number of aromatic amines is 1. The lowest BCUT2D eigenvalue weighted by Gasteiger charge is -2.36. The van der Waals surface area contributed by atoms with Gasteiger partial charge in [0.15, 0.2) is 0 Å². The maximum Gasteiger partial charge on any atom is 0.238 e. The van der Waals surface area contributed by atoms with Crippen LogP contribution in [-0.2, 0) is 6.54 Å². The van der Waals surface area contributed by atoms with E-state index in [1.165, 1.54) is 25.7 Å². The van der Waals surface area contributed by atoms with Crippen molar-refractivity contribution in [3.8, 4) is 0 Å². The van der Waals surface area contributed by atoms with E-state index in [2.05, 4.69) is 34.5 Å². The average Bonchev–Trinajstić information content (AvgIpc) is 2.78. The van der Waals surface area contributed by atoms with Crippen LogP contribution in [0.25, 0.3) is 0 Å². The first kappa shape index (κ1) is 10.8. The van der Waals surface area contributed by atoms with Crippen molar-refractivity contribution in [1.82, 2.24) is 25.1 Å². The number of hydrogen-bond acceptors (Lipinski definition) is 4. The molecule has 15 heavy (non-hydrogen) atoms. The van der Waals surface area contributed by atoms with Gasteiger partial charge in [-0.05, 0) is 39.2 Å². The predicted octanol–water partition coefficient (Wildman–Crippen LogP) is 1.21. The van der Waals surface area contributed by atoms with Crippen LogP contribution in [0, 0.1) is 4.77 Å². The molecule has 1 aromatic heterocycles. The number of H-pyrrole nitrogens is 1. The molecule has 0 aromatic carbocycles. The molecule has 1 fully saturated rings. The largest absolute Gasteiger partial charge is 0.302 e. The summed E-state index contributed by atoms with van der Waals surface area (Å²) in [6.45, 7) is 0.867. The lowest BCUT2D eigenvalue weighted by atomic mass is 9.96. The van der Waals surface area contributed by atoms with E-state index in [1.807, 2.05) is 4.68 Å². The van der Waals surface area contributed by atoms with Gasteiger partial charge in [0.05, 0.1) is 6.54 Å². The van der Waals surface area contributed by atoms with Crippen molar-refractivity contribution in [1.29, 1.82) is 0 Å². The van der Waals surface area contributed by atoms with Crippen LogP contribution in [0.4, 0.5) is 0 Å². The zero-order valence-electron chi connectivity index (χ0n) is 9.23. The molecule has 0 unspecified atom stereocenters. The number of rotatable bonds is 3. The Balaban J connectivity index is 2.21. The van der Waals surface area contributed by atoms with Crippen molar-refractivity contribution < 1.29 is 0 Å². The Kier molecular flexibility index (Phi) is 2.88. The third kappa shape index (κ3) is 1.96. The van der Waals surface area contributed by atoms with E-state index in [4.69, 9.17) is 12.2 Å². The summed E-state index contributed by atoms with van der Waals surface area (Å²) in [6, 6.07) is 0. The smallest absolute Gasteiger partial charge is 0.238 e. The minimum absolute atomic E-state index is 0.229.